The van der Waals surface area contributed by atoms with Crippen LogP contribution in [0.15, 0.2) is 173 Å². The minimum absolute atomic E-state index is 0.920. The average Bonchev–Trinajstić information content (AvgIpc) is 3.79. The Balaban J connectivity index is 1.26. The Bertz CT molecular complexity index is 3060. The van der Waals surface area contributed by atoms with Crippen LogP contribution in [0.1, 0.15) is 46.6 Å². The van der Waals surface area contributed by atoms with Crippen LogP contribution < -0.4 is 0 Å². The van der Waals surface area contributed by atoms with E-state index in [1.165, 1.54) is 96.9 Å². The van der Waals surface area contributed by atoms with Crippen molar-refractivity contribution in [2.75, 3.05) is 0 Å². The molecular formula is C52H42OS. The van der Waals surface area contributed by atoms with E-state index in [9.17, 15) is 0 Å². The molecule has 0 saturated carbocycles. The second kappa shape index (κ2) is 13.8. The van der Waals surface area contributed by atoms with Gasteiger partial charge in [-0.25, -0.2) is 0 Å². The van der Waals surface area contributed by atoms with Crippen molar-refractivity contribution in [2.24, 2.45) is 0 Å². The van der Waals surface area contributed by atoms with Crippen LogP contribution in [-0.2, 0) is 0 Å². The maximum atomic E-state index is 6.82. The lowest BCUT2D eigenvalue weighted by Gasteiger charge is -2.18. The molecule has 0 radical (unpaired) electrons. The van der Waals surface area contributed by atoms with Gasteiger partial charge >= 0.3 is 0 Å². The maximum Gasteiger partial charge on any atom is 0.153 e. The fourth-order valence-corrected chi connectivity index (χ4v) is 9.49. The van der Waals surface area contributed by atoms with Crippen molar-refractivity contribution in [3.8, 4) is 11.1 Å². The highest BCUT2D eigenvalue weighted by Crippen LogP contribution is 2.48. The van der Waals surface area contributed by atoms with Crippen LogP contribution in [0.4, 0.5) is 0 Å². The minimum atomic E-state index is 0.920. The monoisotopic (exact) mass is 714 g/mol. The van der Waals surface area contributed by atoms with E-state index >= 15 is 0 Å². The first kappa shape index (κ1) is 33.8. The molecule has 1 nitrogen and oxygen atoms in total. The van der Waals surface area contributed by atoms with Gasteiger partial charge < -0.3 is 4.42 Å². The average molecular weight is 715 g/mol. The molecule has 2 aromatic heterocycles. The van der Waals surface area contributed by atoms with E-state index < -0.39 is 0 Å². The van der Waals surface area contributed by atoms with Gasteiger partial charge in [0.1, 0.15) is 5.58 Å². The summed E-state index contributed by atoms with van der Waals surface area (Å²) in [5, 5.41) is 12.5. The van der Waals surface area contributed by atoms with Crippen LogP contribution in [0.25, 0.3) is 91.1 Å². The number of hydrogen-bond acceptors (Lipinski definition) is 2. The van der Waals surface area contributed by atoms with E-state index in [0.717, 1.165) is 23.0 Å². The van der Waals surface area contributed by atoms with Crippen LogP contribution in [0.2, 0.25) is 0 Å². The first-order valence-corrected chi connectivity index (χ1v) is 19.8. The van der Waals surface area contributed by atoms with Crippen molar-refractivity contribution in [1.82, 2.24) is 0 Å². The second-order valence-corrected chi connectivity index (χ2v) is 15.4. The van der Waals surface area contributed by atoms with Crippen molar-refractivity contribution in [1.29, 1.82) is 0 Å². The van der Waals surface area contributed by atoms with Gasteiger partial charge in [-0.15, -0.1) is 11.3 Å². The molecule has 0 spiro atoms. The van der Waals surface area contributed by atoms with E-state index in [1.54, 1.807) is 0 Å². The standard InChI is InChI=1S/C52H42OS/c1-6-8-17-32(3)34(5)30-35(7-2)27-26-33(4)47-37-18-9-11-20-39(37)48(40-21-12-10-19-38(40)47)36-28-29-45-44(31-36)49-41-22-13-14-23-42(41)50-43-24-15-16-25-46(43)54-52(50)51(49)53-45/h6,8-31H,7H2,1-5H3/b8-6-,32-17+,33-26+,34-30+,35-27+. The summed E-state index contributed by atoms with van der Waals surface area (Å²) in [5.41, 5.74) is 10.8. The Labute approximate surface area is 320 Å². The predicted molar refractivity (Wildman–Crippen MR) is 239 cm³/mol. The first-order valence-electron chi connectivity index (χ1n) is 18.9. The molecule has 2 heterocycles. The lowest BCUT2D eigenvalue weighted by Crippen LogP contribution is -1.92. The van der Waals surface area contributed by atoms with Gasteiger partial charge in [0.05, 0.1) is 4.70 Å². The van der Waals surface area contributed by atoms with Gasteiger partial charge in [0.2, 0.25) is 0 Å². The zero-order valence-electron chi connectivity index (χ0n) is 31.5. The summed E-state index contributed by atoms with van der Waals surface area (Å²) in [7, 11) is 0. The molecule has 0 bridgehead atoms. The number of hydrogen-bond donors (Lipinski definition) is 0. The molecule has 0 saturated heterocycles. The third-order valence-electron chi connectivity index (χ3n) is 11.1. The molecule has 0 atom stereocenters. The molecular weight excluding hydrogens is 673 g/mol. The Hall–Kier alpha value is -5.96. The fourth-order valence-electron chi connectivity index (χ4n) is 8.28. The SMILES string of the molecule is C\C=C/C=C(C)/C(C)=C/C(=C/C=C(\C)c1c2ccccc2c(-c2ccc3oc4c5sc6ccccc6c5c5ccccc5c4c3c2)c2ccccc12)CC. The predicted octanol–water partition coefficient (Wildman–Crippen LogP) is 16.3. The van der Waals surface area contributed by atoms with Gasteiger partial charge in [-0.1, -0.05) is 140 Å². The number of fused-ring (bicyclic) bond motifs is 12. The summed E-state index contributed by atoms with van der Waals surface area (Å²) in [5.74, 6) is 0. The molecule has 9 aromatic rings. The second-order valence-electron chi connectivity index (χ2n) is 14.4. The molecule has 0 amide bonds. The van der Waals surface area contributed by atoms with E-state index in [2.05, 4.69) is 186 Å². The van der Waals surface area contributed by atoms with Crippen molar-refractivity contribution < 1.29 is 4.42 Å². The van der Waals surface area contributed by atoms with Crippen LogP contribution >= 0.6 is 11.3 Å². The molecule has 2 heteroatoms. The Morgan fingerprint density at radius 1 is 0.611 bits per heavy atom. The topological polar surface area (TPSA) is 13.1 Å². The highest BCUT2D eigenvalue weighted by atomic mass is 32.1. The largest absolute Gasteiger partial charge is 0.455 e. The smallest absolute Gasteiger partial charge is 0.153 e. The van der Waals surface area contributed by atoms with Crippen molar-refractivity contribution in [3.63, 3.8) is 0 Å². The summed E-state index contributed by atoms with van der Waals surface area (Å²) >= 11 is 1.83. The van der Waals surface area contributed by atoms with Gasteiger partial charge in [0, 0.05) is 26.2 Å². The van der Waals surface area contributed by atoms with E-state index in [4.69, 9.17) is 4.42 Å². The molecule has 0 aliphatic rings. The van der Waals surface area contributed by atoms with Gasteiger partial charge in [0.15, 0.2) is 5.58 Å². The zero-order chi connectivity index (χ0) is 36.9. The summed E-state index contributed by atoms with van der Waals surface area (Å²) in [6.45, 7) is 10.9. The van der Waals surface area contributed by atoms with E-state index in [1.807, 2.05) is 11.3 Å². The molecule has 262 valence electrons. The van der Waals surface area contributed by atoms with Gasteiger partial charge in [-0.3, -0.25) is 0 Å². The van der Waals surface area contributed by atoms with Gasteiger partial charge in [0.25, 0.3) is 0 Å². The number of thiophene rings is 1. The van der Waals surface area contributed by atoms with E-state index in [0.29, 0.717) is 0 Å². The summed E-state index contributed by atoms with van der Waals surface area (Å²) in [6, 6.07) is 42.3. The summed E-state index contributed by atoms with van der Waals surface area (Å²) < 4.78 is 9.32. The van der Waals surface area contributed by atoms with Crippen LogP contribution in [-0.4, -0.2) is 0 Å². The third kappa shape index (κ3) is 5.52. The first-order chi connectivity index (χ1) is 26.5. The van der Waals surface area contributed by atoms with Crippen molar-refractivity contribution in [2.45, 2.75) is 41.0 Å². The molecule has 0 fully saturated rings. The van der Waals surface area contributed by atoms with Gasteiger partial charge in [-0.2, -0.15) is 0 Å². The maximum absolute atomic E-state index is 6.82. The normalized spacial score (nSPS) is 13.7. The highest BCUT2D eigenvalue weighted by molar-refractivity contribution is 7.26. The van der Waals surface area contributed by atoms with Crippen LogP contribution in [0.5, 0.6) is 0 Å². The molecule has 0 N–H and O–H groups in total. The lowest BCUT2D eigenvalue weighted by atomic mass is 9.85. The number of benzene rings is 7. The van der Waals surface area contributed by atoms with E-state index in [-0.39, 0.29) is 0 Å². The van der Waals surface area contributed by atoms with Crippen LogP contribution in [0, 0.1) is 0 Å². The summed E-state index contributed by atoms with van der Waals surface area (Å²) in [6.07, 6.45) is 14.3. The fraction of sp³-hybridized carbons (Fsp3) is 0.115. The molecule has 54 heavy (non-hydrogen) atoms. The molecule has 0 unspecified atom stereocenters. The lowest BCUT2D eigenvalue weighted by molar-refractivity contribution is 0.673. The van der Waals surface area contributed by atoms with Crippen LogP contribution in [0.3, 0.4) is 0 Å². The Morgan fingerprint density at radius 2 is 1.22 bits per heavy atom. The molecule has 0 aliphatic carbocycles. The number of furan rings is 1. The Kier molecular flexibility index (Phi) is 8.64. The zero-order valence-corrected chi connectivity index (χ0v) is 32.3. The molecule has 9 rings (SSSR count). The van der Waals surface area contributed by atoms with Gasteiger partial charge in [-0.05, 0) is 124 Å². The number of allylic oxidation sites excluding steroid dienone is 10. The number of rotatable bonds is 7. The van der Waals surface area contributed by atoms with Crippen molar-refractivity contribution in [3.05, 3.63) is 174 Å². The highest BCUT2D eigenvalue weighted by Gasteiger charge is 2.21. The summed E-state index contributed by atoms with van der Waals surface area (Å²) in [4.78, 5) is 0. The minimum Gasteiger partial charge on any atom is -0.455 e. The molecule has 7 aromatic carbocycles. The third-order valence-corrected chi connectivity index (χ3v) is 12.3. The Morgan fingerprint density at radius 3 is 1.89 bits per heavy atom. The molecule has 0 aliphatic heterocycles. The quantitative estimate of drug-likeness (QED) is 0.118. The van der Waals surface area contributed by atoms with Crippen molar-refractivity contribution >= 4 is 91.3 Å².